The molecule has 0 aromatic heterocycles. The molecule has 4 amide bonds. The normalized spacial score (nSPS) is 26.7. The lowest BCUT2D eigenvalue weighted by atomic mass is 9.83. The van der Waals surface area contributed by atoms with Gasteiger partial charge in [-0.3, -0.25) is 19.2 Å². The van der Waals surface area contributed by atoms with Gasteiger partial charge in [0.15, 0.2) is 0 Å². The molecular formula is C31H48N4O6. The van der Waals surface area contributed by atoms with Crippen LogP contribution < -0.4 is 16.0 Å². The molecule has 0 aromatic rings. The summed E-state index contributed by atoms with van der Waals surface area (Å²) >= 11 is 0. The Balaban J connectivity index is 1.54. The quantitative estimate of drug-likeness (QED) is 0.257. The number of amides is 4. The van der Waals surface area contributed by atoms with Crippen molar-refractivity contribution in [3.63, 3.8) is 0 Å². The molecule has 0 aromatic carbocycles. The third kappa shape index (κ3) is 7.30. The van der Waals surface area contributed by atoms with E-state index in [1.54, 1.807) is 25.7 Å². The molecule has 228 valence electrons. The number of nitrogens with zero attached hydrogens (tertiary/aromatic N) is 1. The number of ketones is 1. The summed E-state index contributed by atoms with van der Waals surface area (Å²) in [7, 11) is 0. The minimum atomic E-state index is -0.952. The molecule has 10 heteroatoms. The lowest BCUT2D eigenvalue weighted by molar-refractivity contribution is -0.145. The number of carbonyl (C=O) groups excluding carboxylic acids is 5. The molecule has 1 heterocycles. The maximum Gasteiger partial charge on any atom is 0.408 e. The van der Waals surface area contributed by atoms with Crippen LogP contribution in [0.5, 0.6) is 0 Å². The van der Waals surface area contributed by atoms with Crippen molar-refractivity contribution in [2.75, 3.05) is 13.1 Å². The van der Waals surface area contributed by atoms with Crippen LogP contribution in [0.3, 0.4) is 0 Å². The van der Waals surface area contributed by atoms with Crippen LogP contribution in [0.25, 0.3) is 0 Å². The van der Waals surface area contributed by atoms with E-state index in [1.165, 1.54) is 6.08 Å². The SMILES string of the molecule is C=CCNC(=O)C(=O)C(CC1CC1)NC(=O)[C@@H]1[C@@H]2C(CN1C(=O)[C@@H](NC(=O)OC(C)(C)C)C1CCCCC1)C2(C)C. The van der Waals surface area contributed by atoms with Gasteiger partial charge in [-0.2, -0.15) is 0 Å². The second-order valence-corrected chi connectivity index (χ2v) is 14.0. The van der Waals surface area contributed by atoms with E-state index >= 15 is 0 Å². The van der Waals surface area contributed by atoms with Gasteiger partial charge in [0.1, 0.15) is 17.7 Å². The monoisotopic (exact) mass is 572 g/mol. The van der Waals surface area contributed by atoms with Gasteiger partial charge >= 0.3 is 6.09 Å². The molecular weight excluding hydrogens is 524 g/mol. The number of piperidine rings is 1. The third-order valence-corrected chi connectivity index (χ3v) is 9.35. The zero-order chi connectivity index (χ0) is 30.1. The third-order valence-electron chi connectivity index (χ3n) is 9.35. The van der Waals surface area contributed by atoms with Gasteiger partial charge in [-0.15, -0.1) is 6.58 Å². The number of alkyl carbamates (subject to hydrolysis) is 1. The molecule has 1 saturated heterocycles. The van der Waals surface area contributed by atoms with Crippen molar-refractivity contribution in [1.82, 2.24) is 20.9 Å². The highest BCUT2D eigenvalue weighted by atomic mass is 16.6. The fourth-order valence-corrected chi connectivity index (χ4v) is 6.86. The summed E-state index contributed by atoms with van der Waals surface area (Å²) in [6, 6.07) is -2.53. The smallest absolute Gasteiger partial charge is 0.408 e. The standard InChI is InChI=1S/C31H48N4O6/c1-7-15-32-27(38)25(36)21(16-18-13-14-18)33-26(37)24-22-20(31(22,5)6)17-35(24)28(39)23(19-11-9-8-10-12-19)34-29(40)41-30(2,3)4/h7,18-24H,1,8-17H2,2-6H3,(H,32,38)(H,33,37)(H,34,40)/t20?,21?,22-,23-,24-/m0/s1. The highest BCUT2D eigenvalue weighted by molar-refractivity contribution is 6.38. The van der Waals surface area contributed by atoms with E-state index in [4.69, 9.17) is 4.74 Å². The van der Waals surface area contributed by atoms with E-state index in [9.17, 15) is 24.0 Å². The molecule has 3 aliphatic carbocycles. The molecule has 3 N–H and O–H groups in total. The summed E-state index contributed by atoms with van der Waals surface area (Å²) in [5.41, 5.74) is -0.845. The Morgan fingerprint density at radius 2 is 1.68 bits per heavy atom. The first kappa shape index (κ1) is 31.0. The summed E-state index contributed by atoms with van der Waals surface area (Å²) in [6.07, 6.45) is 7.83. The predicted octanol–water partition coefficient (Wildman–Crippen LogP) is 3.10. The van der Waals surface area contributed by atoms with Crippen LogP contribution in [0.15, 0.2) is 12.7 Å². The first-order valence-corrected chi connectivity index (χ1v) is 15.3. The van der Waals surface area contributed by atoms with Gasteiger partial charge in [0, 0.05) is 13.1 Å². The maximum absolute atomic E-state index is 14.2. The Kier molecular flexibility index (Phi) is 9.19. The van der Waals surface area contributed by atoms with Crippen molar-refractivity contribution in [3.05, 3.63) is 12.7 Å². The highest BCUT2D eigenvalue weighted by Gasteiger charge is 2.69. The molecule has 4 rings (SSSR count). The number of hydrogen-bond acceptors (Lipinski definition) is 6. The van der Waals surface area contributed by atoms with Gasteiger partial charge in [-0.05, 0) is 69.1 Å². The summed E-state index contributed by atoms with van der Waals surface area (Å²) in [6.45, 7) is 13.6. The van der Waals surface area contributed by atoms with Gasteiger partial charge in [0.25, 0.3) is 5.91 Å². The van der Waals surface area contributed by atoms with E-state index in [-0.39, 0.29) is 41.5 Å². The molecule has 41 heavy (non-hydrogen) atoms. The van der Waals surface area contributed by atoms with E-state index in [1.807, 2.05) is 0 Å². The first-order valence-electron chi connectivity index (χ1n) is 15.3. The van der Waals surface area contributed by atoms with Crippen LogP contribution in [0.4, 0.5) is 4.79 Å². The van der Waals surface area contributed by atoms with Crippen LogP contribution in [0.2, 0.25) is 0 Å². The van der Waals surface area contributed by atoms with Gasteiger partial charge in [-0.1, -0.05) is 52.0 Å². The van der Waals surface area contributed by atoms with E-state index in [2.05, 4.69) is 36.4 Å². The number of ether oxygens (including phenoxy) is 1. The van der Waals surface area contributed by atoms with Crippen molar-refractivity contribution in [2.45, 2.75) is 110 Å². The average molecular weight is 573 g/mol. The molecule has 0 bridgehead atoms. The zero-order valence-corrected chi connectivity index (χ0v) is 25.3. The Morgan fingerprint density at radius 1 is 1.02 bits per heavy atom. The van der Waals surface area contributed by atoms with Crippen molar-refractivity contribution >= 4 is 29.6 Å². The molecule has 5 atom stereocenters. The fourth-order valence-electron chi connectivity index (χ4n) is 6.86. The molecule has 0 spiro atoms. The highest BCUT2D eigenvalue weighted by Crippen LogP contribution is 2.65. The van der Waals surface area contributed by atoms with Gasteiger partial charge < -0.3 is 25.6 Å². The maximum atomic E-state index is 14.2. The van der Waals surface area contributed by atoms with E-state index in [0.717, 1.165) is 44.9 Å². The van der Waals surface area contributed by atoms with Gasteiger partial charge in [0.2, 0.25) is 17.6 Å². The summed E-state index contributed by atoms with van der Waals surface area (Å²) in [5.74, 6) is -1.80. The van der Waals surface area contributed by atoms with Crippen molar-refractivity contribution in [1.29, 1.82) is 0 Å². The Bertz CT molecular complexity index is 1060. The Labute approximate surface area is 243 Å². The van der Waals surface area contributed by atoms with Crippen molar-refractivity contribution in [2.24, 2.45) is 29.1 Å². The van der Waals surface area contributed by atoms with Crippen LogP contribution in [0.1, 0.15) is 86.0 Å². The zero-order valence-electron chi connectivity index (χ0n) is 25.3. The van der Waals surface area contributed by atoms with Crippen LogP contribution in [-0.4, -0.2) is 71.3 Å². The number of likely N-dealkylation sites (tertiary alicyclic amines) is 1. The number of carbonyl (C=O) groups is 5. The number of nitrogens with one attached hydrogen (secondary N) is 3. The van der Waals surface area contributed by atoms with Crippen LogP contribution in [-0.2, 0) is 23.9 Å². The summed E-state index contributed by atoms with van der Waals surface area (Å²) in [4.78, 5) is 68.1. The first-order chi connectivity index (χ1) is 19.2. The molecule has 2 unspecified atom stereocenters. The van der Waals surface area contributed by atoms with Gasteiger partial charge in [0.05, 0.1) is 6.04 Å². The lowest BCUT2D eigenvalue weighted by Gasteiger charge is -2.37. The van der Waals surface area contributed by atoms with E-state index < -0.39 is 47.4 Å². The molecule has 1 aliphatic heterocycles. The second kappa shape index (κ2) is 12.1. The molecule has 4 aliphatic rings. The minimum absolute atomic E-state index is 0.0461. The Hall–Kier alpha value is -2.91. The molecule has 10 nitrogen and oxygen atoms in total. The molecule has 0 radical (unpaired) electrons. The van der Waals surface area contributed by atoms with Crippen LogP contribution in [0, 0.1) is 29.1 Å². The largest absolute Gasteiger partial charge is 0.444 e. The predicted molar refractivity (Wildman–Crippen MR) is 153 cm³/mol. The Morgan fingerprint density at radius 3 is 2.27 bits per heavy atom. The average Bonchev–Trinajstić information content (AvgIpc) is 3.76. The summed E-state index contributed by atoms with van der Waals surface area (Å²) in [5, 5.41) is 8.25. The van der Waals surface area contributed by atoms with Crippen molar-refractivity contribution in [3.8, 4) is 0 Å². The van der Waals surface area contributed by atoms with Gasteiger partial charge in [-0.25, -0.2) is 4.79 Å². The molecule has 3 saturated carbocycles. The minimum Gasteiger partial charge on any atom is -0.444 e. The lowest BCUT2D eigenvalue weighted by Crippen LogP contribution is -2.60. The van der Waals surface area contributed by atoms with E-state index in [0.29, 0.717) is 13.0 Å². The topological polar surface area (TPSA) is 134 Å². The summed E-state index contributed by atoms with van der Waals surface area (Å²) < 4.78 is 5.50. The van der Waals surface area contributed by atoms with Crippen LogP contribution >= 0.6 is 0 Å². The molecule has 4 fully saturated rings. The number of fused-ring (bicyclic) bond motifs is 1. The fraction of sp³-hybridized carbons (Fsp3) is 0.774. The number of rotatable bonds is 11. The van der Waals surface area contributed by atoms with Crippen molar-refractivity contribution < 1.29 is 28.7 Å². The number of Topliss-reactive ketones (excluding diaryl/α,β-unsaturated/α-hetero) is 1. The number of hydrogen-bond donors (Lipinski definition) is 3. The second-order valence-electron chi connectivity index (χ2n) is 14.0.